The van der Waals surface area contributed by atoms with Gasteiger partial charge in [0.05, 0.1) is 21.4 Å². The number of benzene rings is 1. The van der Waals surface area contributed by atoms with Crippen LogP contribution in [0.2, 0.25) is 10.0 Å². The maximum absolute atomic E-state index is 13.2. The number of amides is 1. The Bertz CT molecular complexity index is 657. The van der Waals surface area contributed by atoms with Crippen molar-refractivity contribution in [2.75, 3.05) is 6.54 Å². The van der Waals surface area contributed by atoms with Gasteiger partial charge in [-0.15, -0.1) is 0 Å². The molecule has 0 bridgehead atoms. The molecule has 0 spiro atoms. The monoisotopic (exact) mass is 355 g/mol. The lowest BCUT2D eigenvalue weighted by Gasteiger charge is -2.44. The molecule has 6 heteroatoms. The highest BCUT2D eigenvalue weighted by molar-refractivity contribution is 6.42. The highest BCUT2D eigenvalue weighted by atomic mass is 35.5. The van der Waals surface area contributed by atoms with E-state index in [1.165, 1.54) is 0 Å². The number of nitrogens with zero attached hydrogens (tertiary/aromatic N) is 1. The summed E-state index contributed by atoms with van der Waals surface area (Å²) in [5, 5.41) is 10.2. The molecule has 1 saturated carbocycles. The first-order valence-electron chi connectivity index (χ1n) is 7.86. The molecule has 1 saturated heterocycles. The van der Waals surface area contributed by atoms with E-state index in [0.29, 0.717) is 23.0 Å². The molecule has 1 N–H and O–H groups in total. The van der Waals surface area contributed by atoms with Crippen LogP contribution in [0.3, 0.4) is 0 Å². The van der Waals surface area contributed by atoms with Gasteiger partial charge in [-0.2, -0.15) is 0 Å². The van der Waals surface area contributed by atoms with Crippen LogP contribution in [0, 0.1) is 5.92 Å². The molecule has 4 nitrogen and oxygen atoms in total. The Morgan fingerprint density at radius 1 is 1.26 bits per heavy atom. The van der Waals surface area contributed by atoms with Crippen molar-refractivity contribution in [2.45, 2.75) is 44.1 Å². The summed E-state index contributed by atoms with van der Waals surface area (Å²) in [4.78, 5) is 26.2. The molecule has 1 aliphatic carbocycles. The largest absolute Gasteiger partial charge is 0.481 e. The van der Waals surface area contributed by atoms with Crippen molar-refractivity contribution in [3.8, 4) is 0 Å². The second-order valence-corrected chi connectivity index (χ2v) is 7.35. The first-order valence-corrected chi connectivity index (χ1v) is 8.62. The zero-order valence-corrected chi connectivity index (χ0v) is 14.4. The molecule has 124 valence electrons. The average molecular weight is 356 g/mol. The Balaban J connectivity index is 1.90. The van der Waals surface area contributed by atoms with E-state index in [0.717, 1.165) is 24.8 Å². The van der Waals surface area contributed by atoms with Crippen molar-refractivity contribution >= 4 is 35.1 Å². The Hall–Kier alpha value is -1.26. The molecule has 0 radical (unpaired) electrons. The number of halogens is 2. The quantitative estimate of drug-likeness (QED) is 0.898. The van der Waals surface area contributed by atoms with Crippen molar-refractivity contribution in [3.63, 3.8) is 0 Å². The van der Waals surface area contributed by atoms with Crippen molar-refractivity contribution in [2.24, 2.45) is 5.92 Å². The van der Waals surface area contributed by atoms with Gasteiger partial charge in [-0.1, -0.05) is 35.7 Å². The van der Waals surface area contributed by atoms with E-state index in [9.17, 15) is 14.7 Å². The highest BCUT2D eigenvalue weighted by Gasteiger charge is 2.51. The number of likely N-dealkylation sites (tertiary alicyclic amines) is 1. The van der Waals surface area contributed by atoms with E-state index < -0.39 is 17.3 Å². The van der Waals surface area contributed by atoms with Crippen LogP contribution in [-0.2, 0) is 15.0 Å². The number of hydrogen-bond acceptors (Lipinski definition) is 2. The van der Waals surface area contributed by atoms with Gasteiger partial charge in [0.15, 0.2) is 0 Å². The smallest absolute Gasteiger partial charge is 0.308 e. The molecule has 2 aliphatic rings. The van der Waals surface area contributed by atoms with Crippen LogP contribution in [-0.4, -0.2) is 34.5 Å². The summed E-state index contributed by atoms with van der Waals surface area (Å²) in [6.45, 7) is 2.32. The van der Waals surface area contributed by atoms with Crippen molar-refractivity contribution in [1.82, 2.24) is 4.90 Å². The molecule has 1 aromatic rings. The Morgan fingerprint density at radius 2 is 1.96 bits per heavy atom. The van der Waals surface area contributed by atoms with Gasteiger partial charge in [0.1, 0.15) is 0 Å². The summed E-state index contributed by atoms with van der Waals surface area (Å²) in [7, 11) is 0. The normalized spacial score (nSPS) is 26.0. The summed E-state index contributed by atoms with van der Waals surface area (Å²) in [5.74, 6) is -1.28. The van der Waals surface area contributed by atoms with Gasteiger partial charge >= 0.3 is 5.97 Å². The number of carbonyl (C=O) groups is 2. The van der Waals surface area contributed by atoms with Crippen LogP contribution in [0.15, 0.2) is 18.2 Å². The molecule has 23 heavy (non-hydrogen) atoms. The van der Waals surface area contributed by atoms with E-state index in [2.05, 4.69) is 0 Å². The molecule has 3 rings (SSSR count). The molecule has 1 aliphatic heterocycles. The summed E-state index contributed by atoms with van der Waals surface area (Å²) < 4.78 is 0. The predicted molar refractivity (Wildman–Crippen MR) is 88.9 cm³/mol. The van der Waals surface area contributed by atoms with Crippen LogP contribution in [0.5, 0.6) is 0 Å². The van der Waals surface area contributed by atoms with Gasteiger partial charge in [-0.25, -0.2) is 0 Å². The molecular formula is C17H19Cl2NO3. The summed E-state index contributed by atoms with van der Waals surface area (Å²) >= 11 is 12.1. The van der Waals surface area contributed by atoms with E-state index in [-0.39, 0.29) is 11.9 Å². The Kier molecular flexibility index (Phi) is 4.32. The van der Waals surface area contributed by atoms with Gasteiger partial charge < -0.3 is 10.0 Å². The van der Waals surface area contributed by atoms with E-state index in [4.69, 9.17) is 23.2 Å². The number of carbonyl (C=O) groups excluding carboxylic acids is 1. The number of carboxylic acid groups (broad SMARTS) is 1. The molecular weight excluding hydrogens is 337 g/mol. The standard InChI is InChI=1S/C17H19Cl2NO3/c1-10-12(15(21)22)5-8-20(10)16(23)17(6-2-7-17)11-3-4-13(18)14(19)9-11/h3-4,9-10,12H,2,5-8H2,1H3,(H,21,22). The molecule has 2 fully saturated rings. The van der Waals surface area contributed by atoms with Crippen LogP contribution in [0.1, 0.15) is 38.2 Å². The lowest BCUT2D eigenvalue weighted by atomic mass is 9.63. The number of rotatable bonds is 3. The van der Waals surface area contributed by atoms with Crippen LogP contribution in [0.25, 0.3) is 0 Å². The number of aliphatic carboxylic acids is 1. The fourth-order valence-electron chi connectivity index (χ4n) is 3.78. The average Bonchev–Trinajstić information content (AvgIpc) is 2.83. The number of hydrogen-bond donors (Lipinski definition) is 1. The second-order valence-electron chi connectivity index (χ2n) is 6.54. The maximum atomic E-state index is 13.2. The minimum atomic E-state index is -0.829. The molecule has 1 amide bonds. The van der Waals surface area contributed by atoms with Gasteiger partial charge in [-0.05, 0) is 43.9 Å². The minimum Gasteiger partial charge on any atom is -0.481 e. The fourth-order valence-corrected chi connectivity index (χ4v) is 4.08. The minimum absolute atomic E-state index is 0.0263. The highest BCUT2D eigenvalue weighted by Crippen LogP contribution is 2.47. The molecule has 1 heterocycles. The molecule has 0 aromatic heterocycles. The molecule has 2 atom stereocenters. The van der Waals surface area contributed by atoms with E-state index >= 15 is 0 Å². The SMILES string of the molecule is CC1C(C(=O)O)CCN1C(=O)C1(c2ccc(Cl)c(Cl)c2)CCC1. The van der Waals surface area contributed by atoms with Gasteiger partial charge in [-0.3, -0.25) is 9.59 Å². The van der Waals surface area contributed by atoms with Crippen LogP contribution < -0.4 is 0 Å². The Morgan fingerprint density at radius 3 is 2.43 bits per heavy atom. The van der Waals surface area contributed by atoms with Gasteiger partial charge in [0, 0.05) is 12.6 Å². The lowest BCUT2D eigenvalue weighted by Crippen LogP contribution is -2.52. The van der Waals surface area contributed by atoms with E-state index in [1.54, 1.807) is 17.0 Å². The van der Waals surface area contributed by atoms with E-state index in [1.807, 2.05) is 13.0 Å². The first kappa shape index (κ1) is 16.6. The summed E-state index contributed by atoms with van der Waals surface area (Å²) in [6.07, 6.45) is 3.03. The lowest BCUT2D eigenvalue weighted by molar-refractivity contribution is -0.145. The third kappa shape index (κ3) is 2.62. The third-order valence-electron chi connectivity index (χ3n) is 5.42. The van der Waals surface area contributed by atoms with Crippen LogP contribution >= 0.6 is 23.2 Å². The third-order valence-corrected chi connectivity index (χ3v) is 6.16. The van der Waals surface area contributed by atoms with Crippen molar-refractivity contribution < 1.29 is 14.7 Å². The first-order chi connectivity index (χ1) is 10.9. The maximum Gasteiger partial charge on any atom is 0.308 e. The topological polar surface area (TPSA) is 57.6 Å². The predicted octanol–water partition coefficient (Wildman–Crippen LogP) is 3.74. The second kappa shape index (κ2) is 5.99. The fraction of sp³-hybridized carbons (Fsp3) is 0.529. The summed E-state index contributed by atoms with van der Waals surface area (Å²) in [5.41, 5.74) is 0.310. The number of carboxylic acids is 1. The molecule has 2 unspecified atom stereocenters. The van der Waals surface area contributed by atoms with Crippen molar-refractivity contribution in [3.05, 3.63) is 33.8 Å². The Labute approximate surface area is 145 Å². The van der Waals surface area contributed by atoms with Crippen molar-refractivity contribution in [1.29, 1.82) is 0 Å². The van der Waals surface area contributed by atoms with Gasteiger partial charge in [0.25, 0.3) is 0 Å². The van der Waals surface area contributed by atoms with Gasteiger partial charge in [0.2, 0.25) is 5.91 Å². The summed E-state index contributed by atoms with van der Waals surface area (Å²) in [6, 6.07) is 5.08. The molecule has 1 aromatic carbocycles. The zero-order chi connectivity index (χ0) is 16.8. The van der Waals surface area contributed by atoms with Crippen LogP contribution in [0.4, 0.5) is 0 Å². The zero-order valence-electron chi connectivity index (χ0n) is 12.9.